The third-order valence-corrected chi connectivity index (χ3v) is 7.80. The van der Waals surface area contributed by atoms with Gasteiger partial charge in [0.15, 0.2) is 5.78 Å². The van der Waals surface area contributed by atoms with Gasteiger partial charge in [0.2, 0.25) is 0 Å². The van der Waals surface area contributed by atoms with Crippen molar-refractivity contribution in [3.63, 3.8) is 0 Å². The van der Waals surface area contributed by atoms with Crippen LogP contribution in [0.3, 0.4) is 0 Å². The lowest BCUT2D eigenvalue weighted by molar-refractivity contribution is 0.0686. The molecule has 0 aromatic heterocycles. The highest BCUT2D eigenvalue weighted by Crippen LogP contribution is 2.36. The summed E-state index contributed by atoms with van der Waals surface area (Å²) in [6, 6.07) is 14.7. The number of hydrogen-bond donors (Lipinski definition) is 2. The Bertz CT molecular complexity index is 1930. The molecule has 4 amide bonds. The number of aromatic carboxylic acids is 2. The maximum absolute atomic E-state index is 13.5. The van der Waals surface area contributed by atoms with E-state index >= 15 is 0 Å². The molecule has 2 aliphatic heterocycles. The second-order valence-corrected chi connectivity index (χ2v) is 10.5. The van der Waals surface area contributed by atoms with Gasteiger partial charge in [-0.05, 0) is 60.7 Å². The largest absolute Gasteiger partial charge is 0.478 e. The van der Waals surface area contributed by atoms with Crippen molar-refractivity contribution in [2.75, 3.05) is 9.80 Å². The van der Waals surface area contributed by atoms with Gasteiger partial charge in [-0.25, -0.2) is 19.4 Å². The van der Waals surface area contributed by atoms with Gasteiger partial charge < -0.3 is 10.2 Å². The van der Waals surface area contributed by atoms with Crippen LogP contribution >= 0.6 is 23.2 Å². The van der Waals surface area contributed by atoms with Gasteiger partial charge in [0.05, 0.1) is 54.8 Å². The van der Waals surface area contributed by atoms with Gasteiger partial charge in [0.1, 0.15) is 0 Å². The summed E-state index contributed by atoms with van der Waals surface area (Å²) in [5.41, 5.74) is -0.992. The minimum absolute atomic E-state index is 0.0112. The zero-order valence-corrected chi connectivity index (χ0v) is 23.3. The first-order valence-electron chi connectivity index (χ1n) is 12.5. The third-order valence-electron chi connectivity index (χ3n) is 7.17. The maximum atomic E-state index is 13.5. The number of carboxylic acid groups (broad SMARTS) is 2. The van der Waals surface area contributed by atoms with Gasteiger partial charge >= 0.3 is 11.9 Å². The fourth-order valence-electron chi connectivity index (χ4n) is 5.00. The van der Waals surface area contributed by atoms with E-state index in [1.807, 2.05) is 0 Å². The van der Waals surface area contributed by atoms with Crippen LogP contribution in [0.15, 0.2) is 72.8 Å². The number of halogens is 2. The van der Waals surface area contributed by atoms with Crippen molar-refractivity contribution in [2.45, 2.75) is 0 Å². The molecule has 0 saturated carbocycles. The quantitative estimate of drug-likeness (QED) is 0.215. The molecule has 0 fully saturated rings. The highest BCUT2D eigenvalue weighted by molar-refractivity contribution is 6.41. The van der Waals surface area contributed by atoms with E-state index in [4.69, 9.17) is 23.2 Å². The molecule has 2 aliphatic rings. The monoisotopic (exact) mass is 628 g/mol. The van der Waals surface area contributed by atoms with Crippen LogP contribution in [0.4, 0.5) is 11.4 Å². The molecule has 0 aliphatic carbocycles. The van der Waals surface area contributed by atoms with Crippen molar-refractivity contribution >= 4 is 75.9 Å². The minimum Gasteiger partial charge on any atom is -0.478 e. The Hall–Kier alpha value is -5.65. The van der Waals surface area contributed by atoms with Crippen molar-refractivity contribution in [1.82, 2.24) is 0 Å². The van der Waals surface area contributed by atoms with Gasteiger partial charge in [-0.15, -0.1) is 0 Å². The normalized spacial score (nSPS) is 13.8. The number of ketones is 1. The van der Waals surface area contributed by atoms with Crippen LogP contribution in [0.5, 0.6) is 0 Å². The molecule has 0 bridgehead atoms. The SMILES string of the molecule is O=C(O)c1ccc(Cl)c(N2C(=O)c3ccc(C(=O)c4ccc5c(c4)C(=O)N(c4cc(C(=O)O)ccc4Cl)C5=O)cc3C2=O)c1. The number of anilines is 2. The maximum Gasteiger partial charge on any atom is 0.335 e. The van der Waals surface area contributed by atoms with E-state index < -0.39 is 41.4 Å². The van der Waals surface area contributed by atoms with Crippen molar-refractivity contribution in [1.29, 1.82) is 0 Å². The molecule has 6 rings (SSSR count). The molecule has 0 atom stereocenters. The standard InChI is InChI=1S/C31H14Cl2N2O9/c32-21-7-3-15(30(41)42)11-23(21)34-26(37)17-5-1-13(9-19(17)28(34)39)25(36)14-2-6-18-20(10-14)29(40)35(27(18)38)24-12-16(31(43)44)4-8-22(24)33/h1-12H,(H,41,42)(H,43,44). The van der Waals surface area contributed by atoms with E-state index in [0.29, 0.717) is 0 Å². The minimum atomic E-state index is -1.29. The van der Waals surface area contributed by atoms with Crippen LogP contribution in [0.25, 0.3) is 0 Å². The molecule has 0 radical (unpaired) electrons. The fourth-order valence-corrected chi connectivity index (χ4v) is 5.41. The van der Waals surface area contributed by atoms with Crippen molar-refractivity contribution < 1.29 is 43.8 Å². The van der Waals surface area contributed by atoms with E-state index in [0.717, 1.165) is 21.9 Å². The molecular weight excluding hydrogens is 615 g/mol. The Labute approximate surface area is 256 Å². The van der Waals surface area contributed by atoms with E-state index in [1.54, 1.807) is 0 Å². The summed E-state index contributed by atoms with van der Waals surface area (Å²) < 4.78 is 0. The van der Waals surface area contributed by atoms with Gasteiger partial charge in [-0.1, -0.05) is 35.3 Å². The smallest absolute Gasteiger partial charge is 0.335 e. The number of hydrogen-bond acceptors (Lipinski definition) is 7. The average molecular weight is 629 g/mol. The Morgan fingerprint density at radius 2 is 0.818 bits per heavy atom. The van der Waals surface area contributed by atoms with Crippen molar-refractivity contribution in [2.24, 2.45) is 0 Å². The van der Waals surface area contributed by atoms with Crippen LogP contribution < -0.4 is 9.80 Å². The zero-order chi connectivity index (χ0) is 31.6. The number of carbonyl (C=O) groups is 7. The number of rotatable bonds is 6. The van der Waals surface area contributed by atoms with Crippen molar-refractivity contribution in [3.05, 3.63) is 127 Å². The number of carbonyl (C=O) groups excluding carboxylic acids is 5. The molecule has 0 unspecified atom stereocenters. The van der Waals surface area contributed by atoms with Gasteiger partial charge in [-0.3, -0.25) is 24.0 Å². The first kappa shape index (κ1) is 28.5. The lowest BCUT2D eigenvalue weighted by Crippen LogP contribution is -2.29. The molecule has 0 spiro atoms. The fraction of sp³-hybridized carbons (Fsp3) is 0. The van der Waals surface area contributed by atoms with Gasteiger partial charge in [-0.2, -0.15) is 0 Å². The molecule has 0 saturated heterocycles. The average Bonchev–Trinajstić information content (AvgIpc) is 3.40. The summed E-state index contributed by atoms with van der Waals surface area (Å²) in [5, 5.41) is 18.6. The Balaban J connectivity index is 1.32. The zero-order valence-electron chi connectivity index (χ0n) is 21.8. The molecule has 11 nitrogen and oxygen atoms in total. The lowest BCUT2D eigenvalue weighted by atomic mass is 9.96. The lowest BCUT2D eigenvalue weighted by Gasteiger charge is -2.16. The van der Waals surface area contributed by atoms with E-state index in [9.17, 15) is 43.8 Å². The number of benzene rings is 4. The predicted octanol–water partition coefficient (Wildman–Crippen LogP) is 5.22. The molecule has 13 heteroatoms. The number of nitrogens with zero attached hydrogens (tertiary/aromatic N) is 2. The second kappa shape index (κ2) is 10.3. The van der Waals surface area contributed by atoms with E-state index in [2.05, 4.69) is 0 Å². The third kappa shape index (κ3) is 4.34. The van der Waals surface area contributed by atoms with Crippen LogP contribution in [0.1, 0.15) is 78.1 Å². The first-order valence-corrected chi connectivity index (χ1v) is 13.3. The first-order chi connectivity index (χ1) is 20.9. The van der Waals surface area contributed by atoms with Crippen molar-refractivity contribution in [3.8, 4) is 0 Å². The summed E-state index contributed by atoms with van der Waals surface area (Å²) in [7, 11) is 0. The number of amides is 4. The van der Waals surface area contributed by atoms with Gasteiger partial charge in [0.25, 0.3) is 23.6 Å². The molecule has 4 aromatic rings. The molecule has 44 heavy (non-hydrogen) atoms. The van der Waals surface area contributed by atoms with Gasteiger partial charge in [0, 0.05) is 11.1 Å². The Kier molecular flexibility index (Phi) is 6.64. The topological polar surface area (TPSA) is 166 Å². The summed E-state index contributed by atoms with van der Waals surface area (Å²) in [5.74, 6) is -6.39. The molecule has 216 valence electrons. The molecular formula is C31H14Cl2N2O9. The van der Waals surface area contributed by atoms with Crippen LogP contribution in [0.2, 0.25) is 10.0 Å². The van der Waals surface area contributed by atoms with Crippen LogP contribution in [-0.2, 0) is 0 Å². The van der Waals surface area contributed by atoms with Crippen LogP contribution in [0, 0.1) is 0 Å². The Morgan fingerprint density at radius 1 is 0.477 bits per heavy atom. The number of carboxylic acids is 2. The summed E-state index contributed by atoms with van der Waals surface area (Å²) >= 11 is 12.4. The van der Waals surface area contributed by atoms with E-state index in [1.165, 1.54) is 60.7 Å². The highest BCUT2D eigenvalue weighted by atomic mass is 35.5. The molecule has 4 aromatic carbocycles. The summed E-state index contributed by atoms with van der Waals surface area (Å²) in [4.78, 5) is 90.6. The summed E-state index contributed by atoms with van der Waals surface area (Å²) in [6.45, 7) is 0. The number of fused-ring (bicyclic) bond motifs is 2. The second-order valence-electron chi connectivity index (χ2n) is 9.68. The Morgan fingerprint density at radius 3 is 1.18 bits per heavy atom. The summed E-state index contributed by atoms with van der Waals surface area (Å²) in [6.07, 6.45) is 0. The molecule has 2 heterocycles. The number of imide groups is 2. The predicted molar refractivity (Wildman–Crippen MR) is 155 cm³/mol. The van der Waals surface area contributed by atoms with E-state index in [-0.39, 0.29) is 65.9 Å². The molecule has 2 N–H and O–H groups in total. The van der Waals surface area contributed by atoms with Crippen LogP contribution in [-0.4, -0.2) is 51.6 Å². The highest BCUT2D eigenvalue weighted by Gasteiger charge is 2.40.